The van der Waals surface area contributed by atoms with Crippen molar-refractivity contribution in [2.45, 2.75) is 47.1 Å². The zero-order valence-electron chi connectivity index (χ0n) is 12.1. The van der Waals surface area contributed by atoms with Gasteiger partial charge < -0.3 is 4.74 Å². The molecule has 4 nitrogen and oxygen atoms in total. The van der Waals surface area contributed by atoms with E-state index in [1.807, 2.05) is 39.8 Å². The van der Waals surface area contributed by atoms with Crippen LogP contribution in [0.5, 0.6) is 0 Å². The van der Waals surface area contributed by atoms with Gasteiger partial charge in [0.2, 0.25) is 5.91 Å². The van der Waals surface area contributed by atoms with Crippen LogP contribution in [-0.4, -0.2) is 29.9 Å². The first-order chi connectivity index (χ1) is 8.56. The van der Waals surface area contributed by atoms with Crippen molar-refractivity contribution < 1.29 is 14.3 Å². The van der Waals surface area contributed by atoms with E-state index in [9.17, 15) is 9.59 Å². The highest BCUT2D eigenvalue weighted by atomic mass is 16.5. The predicted octanol–water partition coefficient (Wildman–Crippen LogP) is 2.66. The summed E-state index contributed by atoms with van der Waals surface area (Å²) in [6.07, 6.45) is 4.30. The Morgan fingerprint density at radius 1 is 1.28 bits per heavy atom. The lowest BCUT2D eigenvalue weighted by molar-refractivity contribution is -0.149. The summed E-state index contributed by atoms with van der Waals surface area (Å²) < 4.78 is 4.71. The number of carbonyl (C=O) groups is 2. The van der Waals surface area contributed by atoms with Gasteiger partial charge in [0.05, 0.1) is 7.11 Å². The molecule has 0 aromatic carbocycles. The third-order valence-corrected chi connectivity index (χ3v) is 2.75. The maximum atomic E-state index is 11.6. The second-order valence-electron chi connectivity index (χ2n) is 3.62. The number of methoxy groups -OCH3 is 1. The Balaban J connectivity index is 0.00000137. The van der Waals surface area contributed by atoms with Crippen LogP contribution in [0.3, 0.4) is 0 Å². The average molecular weight is 253 g/mol. The number of esters is 1. The molecule has 1 fully saturated rings. The van der Waals surface area contributed by atoms with E-state index < -0.39 is 6.04 Å². The van der Waals surface area contributed by atoms with Crippen LogP contribution in [0.1, 0.15) is 41.0 Å². The highest BCUT2D eigenvalue weighted by Crippen LogP contribution is 2.33. The van der Waals surface area contributed by atoms with Gasteiger partial charge >= 0.3 is 5.97 Å². The van der Waals surface area contributed by atoms with Crippen molar-refractivity contribution in [3.63, 3.8) is 0 Å². The van der Waals surface area contributed by atoms with Crippen LogP contribution in [-0.2, 0) is 14.3 Å². The average Bonchev–Trinajstić information content (AvgIpc) is 2.78. The Bertz CT molecular complexity index is 369. The smallest absolute Gasteiger partial charge is 0.329 e. The minimum absolute atomic E-state index is 0.139. The minimum atomic E-state index is -0.514. The number of rotatable bonds is 1. The highest BCUT2D eigenvalue weighted by molar-refractivity contribution is 5.87. The molecule has 0 saturated carbocycles. The monoisotopic (exact) mass is 253 g/mol. The van der Waals surface area contributed by atoms with Crippen molar-refractivity contribution in [3.8, 4) is 0 Å². The van der Waals surface area contributed by atoms with E-state index in [0.29, 0.717) is 6.42 Å². The Hall–Kier alpha value is -1.58. The molecular formula is C14H23NO3. The number of likely N-dealkylation sites (tertiary alicyclic amines) is 1. The van der Waals surface area contributed by atoms with E-state index in [-0.39, 0.29) is 11.9 Å². The molecule has 0 aromatic heterocycles. The second-order valence-corrected chi connectivity index (χ2v) is 3.62. The summed E-state index contributed by atoms with van der Waals surface area (Å²) in [4.78, 5) is 24.6. The highest BCUT2D eigenvalue weighted by Gasteiger charge is 2.39. The summed E-state index contributed by atoms with van der Waals surface area (Å²) in [6.45, 7) is 9.21. The maximum Gasteiger partial charge on any atom is 0.329 e. The van der Waals surface area contributed by atoms with Gasteiger partial charge in [0.15, 0.2) is 0 Å². The molecule has 1 heterocycles. The Labute approximate surface area is 109 Å². The standard InChI is InChI=1S/C12H17NO3.C2H6/c1-5-9-7-11(12(15)16-4)13(8(3)14)10(9)6-2;1-2/h5-6,11H,7H2,1-4H3;1-2H3/b9-5-,10-6+;. The number of carbonyl (C=O) groups excluding carboxylic acids is 2. The zero-order valence-corrected chi connectivity index (χ0v) is 12.1. The second kappa shape index (κ2) is 7.69. The quantitative estimate of drug-likeness (QED) is 0.675. The molecule has 1 aliphatic rings. The van der Waals surface area contributed by atoms with Crippen molar-refractivity contribution in [1.29, 1.82) is 0 Å². The molecule has 0 bridgehead atoms. The van der Waals surface area contributed by atoms with Crippen LogP contribution in [0.15, 0.2) is 23.4 Å². The lowest BCUT2D eigenvalue weighted by Crippen LogP contribution is -2.38. The molecule has 0 radical (unpaired) electrons. The first kappa shape index (κ1) is 16.4. The topological polar surface area (TPSA) is 46.6 Å². The molecule has 1 rings (SSSR count). The number of hydrogen-bond acceptors (Lipinski definition) is 3. The number of hydrogen-bond donors (Lipinski definition) is 0. The van der Waals surface area contributed by atoms with Gasteiger partial charge in [-0.25, -0.2) is 4.79 Å². The van der Waals surface area contributed by atoms with Gasteiger partial charge in [-0.2, -0.15) is 0 Å². The number of amides is 1. The Morgan fingerprint density at radius 2 is 1.83 bits per heavy atom. The van der Waals surface area contributed by atoms with Crippen molar-refractivity contribution in [1.82, 2.24) is 4.90 Å². The van der Waals surface area contributed by atoms with Crippen molar-refractivity contribution in [2.24, 2.45) is 0 Å². The first-order valence-electron chi connectivity index (χ1n) is 6.26. The van der Waals surface area contributed by atoms with E-state index in [1.54, 1.807) is 0 Å². The molecule has 18 heavy (non-hydrogen) atoms. The van der Waals surface area contributed by atoms with E-state index in [4.69, 9.17) is 4.74 Å². The van der Waals surface area contributed by atoms with E-state index in [1.165, 1.54) is 18.9 Å². The summed E-state index contributed by atoms with van der Waals surface area (Å²) in [7, 11) is 1.34. The van der Waals surface area contributed by atoms with Gasteiger partial charge in [-0.1, -0.05) is 26.0 Å². The zero-order chi connectivity index (χ0) is 14.3. The summed E-state index contributed by atoms with van der Waals surface area (Å²) in [6, 6.07) is -0.514. The van der Waals surface area contributed by atoms with Crippen LogP contribution in [0.2, 0.25) is 0 Å². The van der Waals surface area contributed by atoms with Gasteiger partial charge in [-0.05, 0) is 19.4 Å². The van der Waals surface area contributed by atoms with Crippen LogP contribution < -0.4 is 0 Å². The number of nitrogens with zero attached hydrogens (tertiary/aromatic N) is 1. The largest absolute Gasteiger partial charge is 0.467 e. The Morgan fingerprint density at radius 3 is 2.17 bits per heavy atom. The third kappa shape index (κ3) is 3.22. The summed E-state index contributed by atoms with van der Waals surface area (Å²) in [5, 5.41) is 0. The number of allylic oxidation sites excluding steroid dienone is 3. The van der Waals surface area contributed by atoms with Gasteiger partial charge in [-0.3, -0.25) is 9.69 Å². The first-order valence-corrected chi connectivity index (χ1v) is 6.26. The normalized spacial score (nSPS) is 22.8. The minimum Gasteiger partial charge on any atom is -0.467 e. The van der Waals surface area contributed by atoms with Gasteiger partial charge in [0, 0.05) is 19.0 Å². The molecular weight excluding hydrogens is 230 g/mol. The molecule has 1 atom stereocenters. The lowest BCUT2D eigenvalue weighted by Gasteiger charge is -2.21. The molecule has 0 spiro atoms. The van der Waals surface area contributed by atoms with Crippen molar-refractivity contribution in [2.75, 3.05) is 7.11 Å². The molecule has 1 saturated heterocycles. The fourth-order valence-corrected chi connectivity index (χ4v) is 2.03. The molecule has 1 unspecified atom stereocenters. The van der Waals surface area contributed by atoms with Crippen LogP contribution in [0.4, 0.5) is 0 Å². The van der Waals surface area contributed by atoms with Crippen LogP contribution >= 0.6 is 0 Å². The summed E-state index contributed by atoms with van der Waals surface area (Å²) in [5.74, 6) is -0.508. The van der Waals surface area contributed by atoms with Crippen LogP contribution in [0.25, 0.3) is 0 Å². The predicted molar refractivity (Wildman–Crippen MR) is 71.8 cm³/mol. The summed E-state index contributed by atoms with van der Waals surface area (Å²) >= 11 is 0. The lowest BCUT2D eigenvalue weighted by atomic mass is 10.1. The number of ether oxygens (including phenoxy) is 1. The van der Waals surface area contributed by atoms with Gasteiger partial charge in [-0.15, -0.1) is 0 Å². The van der Waals surface area contributed by atoms with E-state index in [2.05, 4.69) is 0 Å². The Kier molecular flexibility index (Phi) is 7.01. The van der Waals surface area contributed by atoms with E-state index in [0.717, 1.165) is 11.3 Å². The molecule has 1 amide bonds. The van der Waals surface area contributed by atoms with Crippen molar-refractivity contribution >= 4 is 11.9 Å². The molecule has 1 aliphatic heterocycles. The molecule has 102 valence electrons. The van der Waals surface area contributed by atoms with Gasteiger partial charge in [0.25, 0.3) is 0 Å². The maximum absolute atomic E-state index is 11.6. The molecule has 4 heteroatoms. The van der Waals surface area contributed by atoms with Crippen LogP contribution in [0, 0.1) is 0 Å². The fourth-order valence-electron chi connectivity index (χ4n) is 2.03. The van der Waals surface area contributed by atoms with E-state index >= 15 is 0 Å². The fraction of sp³-hybridized carbons (Fsp3) is 0.571. The molecule has 0 N–H and O–H groups in total. The third-order valence-electron chi connectivity index (χ3n) is 2.75. The SMILES string of the molecule is C/C=C1/CC(C(=O)OC)N(C(C)=O)/C1=C/C.CC. The molecule has 0 aromatic rings. The summed E-state index contributed by atoms with van der Waals surface area (Å²) in [5.41, 5.74) is 1.82. The van der Waals surface area contributed by atoms with Gasteiger partial charge in [0.1, 0.15) is 6.04 Å². The molecule has 0 aliphatic carbocycles. The van der Waals surface area contributed by atoms with Crippen molar-refractivity contribution in [3.05, 3.63) is 23.4 Å².